The first-order valence-corrected chi connectivity index (χ1v) is 8.62. The number of nitrogens with one attached hydrogen (secondary N) is 2. The number of aromatic nitrogens is 3. The molecule has 0 aromatic carbocycles. The summed E-state index contributed by atoms with van der Waals surface area (Å²) in [7, 11) is 5.71. The van der Waals surface area contributed by atoms with Gasteiger partial charge in [-0.15, -0.1) is 0 Å². The Balaban J connectivity index is 2.02. The fourth-order valence-corrected chi connectivity index (χ4v) is 3.58. The van der Waals surface area contributed by atoms with Crippen molar-refractivity contribution in [1.82, 2.24) is 15.0 Å². The zero-order valence-corrected chi connectivity index (χ0v) is 14.6. The second-order valence-corrected chi connectivity index (χ2v) is 6.66. The van der Waals surface area contributed by atoms with Crippen LogP contribution in [-0.2, 0) is 6.42 Å². The number of fused-ring (bicyclic) bond motifs is 1. The van der Waals surface area contributed by atoms with Crippen LogP contribution >= 0.6 is 0 Å². The molecule has 0 bridgehead atoms. The third-order valence-corrected chi connectivity index (χ3v) is 4.97. The lowest BCUT2D eigenvalue weighted by Gasteiger charge is -2.39. The zero-order valence-electron chi connectivity index (χ0n) is 14.6. The van der Waals surface area contributed by atoms with E-state index in [9.17, 15) is 4.79 Å². The summed E-state index contributed by atoms with van der Waals surface area (Å²) in [5.74, 6) is 1.44. The van der Waals surface area contributed by atoms with Crippen molar-refractivity contribution in [2.45, 2.75) is 58.4 Å². The predicted octanol–water partition coefficient (Wildman–Crippen LogP) is 2.24. The predicted molar refractivity (Wildman–Crippen MR) is 98.1 cm³/mol. The number of rotatable bonds is 4. The first-order valence-electron chi connectivity index (χ1n) is 8.62. The minimum Gasteiger partial charge on any atom is -0.364 e. The number of H-pyrrole nitrogens is 1. The van der Waals surface area contributed by atoms with Gasteiger partial charge in [-0.3, -0.25) is 4.79 Å². The summed E-state index contributed by atoms with van der Waals surface area (Å²) in [6.07, 6.45) is 5.46. The number of pyridine rings is 1. The lowest BCUT2D eigenvalue weighted by molar-refractivity contribution is 0.371. The summed E-state index contributed by atoms with van der Waals surface area (Å²) >= 11 is 0. The number of hydrogen-bond acceptors (Lipinski definition) is 4. The summed E-state index contributed by atoms with van der Waals surface area (Å²) in [5, 5.41) is 3.68. The second-order valence-electron chi connectivity index (χ2n) is 6.66. The van der Waals surface area contributed by atoms with Crippen LogP contribution in [-0.4, -0.2) is 28.3 Å². The van der Waals surface area contributed by atoms with Gasteiger partial charge in [0, 0.05) is 17.2 Å². The number of nitrogens with zero attached hydrogens (tertiary/aromatic N) is 2. The van der Waals surface area contributed by atoms with Gasteiger partial charge < -0.3 is 10.3 Å². The third-order valence-electron chi connectivity index (χ3n) is 4.97. The molecule has 6 heteroatoms. The Morgan fingerprint density at radius 1 is 1.29 bits per heavy atom. The number of aromatic amines is 1. The van der Waals surface area contributed by atoms with Gasteiger partial charge in [0.15, 0.2) is 0 Å². The molecule has 0 saturated carbocycles. The Hall–Kier alpha value is -2.11. The highest BCUT2D eigenvalue weighted by molar-refractivity contribution is 6.30. The molecule has 124 valence electrons. The molecule has 3 heterocycles. The van der Waals surface area contributed by atoms with Crippen LogP contribution in [0, 0.1) is 6.92 Å². The maximum atomic E-state index is 11.7. The summed E-state index contributed by atoms with van der Waals surface area (Å²) < 4.78 is 0. The quantitative estimate of drug-likeness (QED) is 0.847. The van der Waals surface area contributed by atoms with E-state index in [1.165, 1.54) is 11.6 Å². The monoisotopic (exact) mass is 322 g/mol. The number of aryl methyl sites for hydroxylation is 2. The van der Waals surface area contributed by atoms with Crippen LogP contribution in [0.2, 0.25) is 0 Å². The van der Waals surface area contributed by atoms with Gasteiger partial charge in [0.1, 0.15) is 19.5 Å². The molecule has 24 heavy (non-hydrogen) atoms. The molecule has 5 nitrogen and oxygen atoms in total. The molecule has 0 amide bonds. The molecule has 0 aliphatic carbocycles. The summed E-state index contributed by atoms with van der Waals surface area (Å²) in [6, 6.07) is 3.36. The second kappa shape index (κ2) is 6.42. The standard InChI is InChI=1S/C18H23BN4O/c1-4-7-18(5-2)8-6-12-9-13(11(3)20-16(12)23-18)17-21-14(19)10-15(24)22-17/h9-10H,4-8H2,1-3H3,(H,20,23)(H,21,22,24). The maximum absolute atomic E-state index is 11.7. The molecule has 1 unspecified atom stereocenters. The molecule has 1 atom stereocenters. The van der Waals surface area contributed by atoms with E-state index in [1.54, 1.807) is 0 Å². The van der Waals surface area contributed by atoms with Crippen LogP contribution in [0.3, 0.4) is 0 Å². The van der Waals surface area contributed by atoms with Gasteiger partial charge >= 0.3 is 0 Å². The van der Waals surface area contributed by atoms with Crippen LogP contribution < -0.4 is 16.5 Å². The molecule has 2 aromatic rings. The fraction of sp³-hybridized carbons (Fsp3) is 0.500. The van der Waals surface area contributed by atoms with E-state index in [0.717, 1.165) is 49.2 Å². The third kappa shape index (κ3) is 3.10. The van der Waals surface area contributed by atoms with E-state index in [0.29, 0.717) is 5.82 Å². The Labute approximate surface area is 143 Å². The highest BCUT2D eigenvalue weighted by Crippen LogP contribution is 2.36. The lowest BCUT2D eigenvalue weighted by Crippen LogP contribution is -2.41. The number of anilines is 1. The Morgan fingerprint density at radius 3 is 2.75 bits per heavy atom. The smallest absolute Gasteiger partial charge is 0.250 e. The first-order chi connectivity index (χ1) is 11.5. The lowest BCUT2D eigenvalue weighted by atomic mass is 9.81. The minimum atomic E-state index is -0.249. The SMILES string of the molecule is [B]c1cc(=O)[nH]c(-c2cc3c(nc2C)NC(CC)(CCC)CC3)n1. The largest absolute Gasteiger partial charge is 0.364 e. The molecule has 1 aliphatic heterocycles. The van der Waals surface area contributed by atoms with Gasteiger partial charge in [-0.2, -0.15) is 0 Å². The zero-order chi connectivity index (χ0) is 17.3. The maximum Gasteiger partial charge on any atom is 0.250 e. The van der Waals surface area contributed by atoms with Gasteiger partial charge in [0.05, 0.1) is 5.69 Å². The van der Waals surface area contributed by atoms with Gasteiger partial charge in [0.25, 0.3) is 0 Å². The van der Waals surface area contributed by atoms with Crippen molar-refractivity contribution in [3.8, 4) is 11.4 Å². The van der Waals surface area contributed by atoms with Crippen LogP contribution in [0.25, 0.3) is 11.4 Å². The molecule has 0 saturated heterocycles. The van der Waals surface area contributed by atoms with Gasteiger partial charge in [-0.1, -0.05) is 20.3 Å². The van der Waals surface area contributed by atoms with Gasteiger partial charge in [-0.25, -0.2) is 9.97 Å². The van der Waals surface area contributed by atoms with Gasteiger partial charge in [0.2, 0.25) is 5.56 Å². The van der Waals surface area contributed by atoms with Crippen LogP contribution in [0.15, 0.2) is 16.9 Å². The van der Waals surface area contributed by atoms with E-state index in [2.05, 4.69) is 35.2 Å². The molecule has 2 aromatic heterocycles. The van der Waals surface area contributed by atoms with Crippen molar-refractivity contribution in [2.75, 3.05) is 5.32 Å². The molecule has 0 spiro atoms. The van der Waals surface area contributed by atoms with E-state index in [1.807, 2.05) is 6.92 Å². The van der Waals surface area contributed by atoms with E-state index < -0.39 is 0 Å². The van der Waals surface area contributed by atoms with E-state index >= 15 is 0 Å². The van der Waals surface area contributed by atoms with Crippen molar-refractivity contribution >= 4 is 19.3 Å². The fourth-order valence-electron chi connectivity index (χ4n) is 3.58. The van der Waals surface area contributed by atoms with Gasteiger partial charge in [-0.05, 0) is 49.8 Å². The normalized spacial score (nSPS) is 19.6. The summed E-state index contributed by atoms with van der Waals surface area (Å²) in [5.41, 5.74) is 2.95. The number of hydrogen-bond donors (Lipinski definition) is 2. The molecular weight excluding hydrogens is 299 g/mol. The van der Waals surface area contributed by atoms with Crippen molar-refractivity contribution in [1.29, 1.82) is 0 Å². The average molecular weight is 322 g/mol. The van der Waals surface area contributed by atoms with Crippen molar-refractivity contribution in [2.24, 2.45) is 0 Å². The Morgan fingerprint density at radius 2 is 2.08 bits per heavy atom. The summed E-state index contributed by atoms with van der Waals surface area (Å²) in [6.45, 7) is 6.39. The first kappa shape index (κ1) is 16.7. The molecule has 2 radical (unpaired) electrons. The Bertz CT molecular complexity index is 817. The Kier molecular flexibility index (Phi) is 4.48. The minimum absolute atomic E-state index is 0.145. The molecule has 0 fully saturated rings. The highest BCUT2D eigenvalue weighted by atomic mass is 16.1. The molecule has 2 N–H and O–H groups in total. The topological polar surface area (TPSA) is 70.7 Å². The van der Waals surface area contributed by atoms with Crippen molar-refractivity contribution in [3.63, 3.8) is 0 Å². The van der Waals surface area contributed by atoms with Crippen LogP contribution in [0.5, 0.6) is 0 Å². The van der Waals surface area contributed by atoms with Crippen LogP contribution in [0.1, 0.15) is 50.8 Å². The van der Waals surface area contributed by atoms with E-state index in [4.69, 9.17) is 12.8 Å². The molecule has 3 rings (SSSR count). The molecule has 1 aliphatic rings. The van der Waals surface area contributed by atoms with Crippen LogP contribution in [0.4, 0.5) is 5.82 Å². The van der Waals surface area contributed by atoms with E-state index in [-0.39, 0.29) is 16.7 Å². The average Bonchev–Trinajstić information content (AvgIpc) is 2.53. The highest BCUT2D eigenvalue weighted by Gasteiger charge is 2.32. The van der Waals surface area contributed by atoms with Crippen molar-refractivity contribution < 1.29 is 0 Å². The van der Waals surface area contributed by atoms with Crippen molar-refractivity contribution in [3.05, 3.63) is 33.7 Å². The summed E-state index contributed by atoms with van der Waals surface area (Å²) in [4.78, 5) is 23.4. The molecular formula is C18H23BN4O.